The maximum absolute atomic E-state index is 9.83. The fourth-order valence-electron chi connectivity index (χ4n) is 3.58. The Bertz CT molecular complexity index is 1110. The molecule has 2 N–H and O–H groups in total. The van der Waals surface area contributed by atoms with Crippen molar-refractivity contribution in [1.29, 1.82) is 5.26 Å². The van der Waals surface area contributed by atoms with Crippen LogP contribution in [0.1, 0.15) is 50.4 Å². The van der Waals surface area contributed by atoms with Crippen molar-refractivity contribution in [1.82, 2.24) is 20.0 Å². The van der Waals surface area contributed by atoms with Crippen molar-refractivity contribution < 1.29 is 9.15 Å². The van der Waals surface area contributed by atoms with Gasteiger partial charge in [-0.15, -0.1) is 10.2 Å². The Morgan fingerprint density at radius 2 is 1.97 bits per heavy atom. The van der Waals surface area contributed by atoms with Gasteiger partial charge in [0.1, 0.15) is 11.6 Å². The first-order valence-corrected chi connectivity index (χ1v) is 9.41. The largest absolute Gasteiger partial charge is 0.423 e. The molecular formula is C21H22N6O2. The van der Waals surface area contributed by atoms with Gasteiger partial charge < -0.3 is 14.9 Å². The fourth-order valence-corrected chi connectivity index (χ4v) is 3.58. The third-order valence-corrected chi connectivity index (χ3v) is 4.95. The summed E-state index contributed by atoms with van der Waals surface area (Å²) >= 11 is 0. The smallest absolute Gasteiger partial charge is 0.247 e. The molecule has 0 aliphatic carbocycles. The monoisotopic (exact) mass is 390 g/mol. The first kappa shape index (κ1) is 18.7. The van der Waals surface area contributed by atoms with Crippen LogP contribution in [0.15, 0.2) is 46.5 Å². The van der Waals surface area contributed by atoms with E-state index in [-0.39, 0.29) is 17.3 Å². The number of allylic oxidation sites excluding steroid dienone is 1. The predicted octanol–water partition coefficient (Wildman–Crippen LogP) is 3.47. The number of fused-ring (bicyclic) bond motifs is 1. The van der Waals surface area contributed by atoms with Crippen LogP contribution in [0.25, 0.3) is 11.5 Å². The normalized spacial score (nSPS) is 16.3. The van der Waals surface area contributed by atoms with Crippen LogP contribution in [0, 0.1) is 11.3 Å². The zero-order valence-corrected chi connectivity index (χ0v) is 16.8. The van der Waals surface area contributed by atoms with Crippen LogP contribution in [0.2, 0.25) is 0 Å². The molecule has 148 valence electrons. The number of ether oxygens (including phenoxy) is 1. The Labute approximate surface area is 168 Å². The molecule has 1 unspecified atom stereocenters. The summed E-state index contributed by atoms with van der Waals surface area (Å²) in [5.74, 6) is 0.789. The molecule has 3 aromatic rings. The lowest BCUT2D eigenvalue weighted by molar-refractivity contribution is 0.277. The van der Waals surface area contributed by atoms with E-state index in [1.165, 1.54) is 6.39 Å². The summed E-state index contributed by atoms with van der Waals surface area (Å²) in [5.41, 5.74) is 9.74. The Kier molecular flexibility index (Phi) is 4.38. The van der Waals surface area contributed by atoms with Crippen molar-refractivity contribution in [3.05, 3.63) is 58.9 Å². The summed E-state index contributed by atoms with van der Waals surface area (Å²) < 4.78 is 13.0. The topological polar surface area (TPSA) is 116 Å². The van der Waals surface area contributed by atoms with Crippen LogP contribution < -0.4 is 10.5 Å². The Balaban J connectivity index is 1.89. The maximum Gasteiger partial charge on any atom is 0.247 e. The molecule has 29 heavy (non-hydrogen) atoms. The van der Waals surface area contributed by atoms with E-state index >= 15 is 0 Å². The molecule has 8 heteroatoms. The van der Waals surface area contributed by atoms with Crippen LogP contribution in [0.3, 0.4) is 0 Å². The van der Waals surface area contributed by atoms with Crippen molar-refractivity contribution in [2.45, 2.75) is 45.6 Å². The molecule has 0 radical (unpaired) electrons. The molecule has 3 heterocycles. The van der Waals surface area contributed by atoms with Gasteiger partial charge in [-0.3, -0.25) is 0 Å². The van der Waals surface area contributed by atoms with Crippen LogP contribution >= 0.6 is 0 Å². The van der Waals surface area contributed by atoms with E-state index < -0.39 is 0 Å². The number of hydrogen-bond acceptors (Lipinski definition) is 7. The quantitative estimate of drug-likeness (QED) is 0.728. The van der Waals surface area contributed by atoms with Gasteiger partial charge in [0.15, 0.2) is 0 Å². The Morgan fingerprint density at radius 3 is 2.52 bits per heavy atom. The van der Waals surface area contributed by atoms with Gasteiger partial charge in [0.2, 0.25) is 24.0 Å². The minimum absolute atomic E-state index is 0.110. The molecule has 4 rings (SSSR count). The fraction of sp³-hybridized carbons (Fsp3) is 0.333. The van der Waals surface area contributed by atoms with Gasteiger partial charge in [-0.05, 0) is 44.9 Å². The van der Waals surface area contributed by atoms with E-state index in [9.17, 15) is 5.26 Å². The van der Waals surface area contributed by atoms with Gasteiger partial charge in [-0.2, -0.15) is 10.4 Å². The van der Waals surface area contributed by atoms with Gasteiger partial charge in [-0.25, -0.2) is 4.68 Å². The summed E-state index contributed by atoms with van der Waals surface area (Å²) in [7, 11) is 0. The molecule has 0 amide bonds. The summed E-state index contributed by atoms with van der Waals surface area (Å²) in [6.07, 6.45) is 2.00. The third kappa shape index (κ3) is 3.05. The second-order valence-electron chi connectivity index (χ2n) is 7.89. The highest BCUT2D eigenvalue weighted by Crippen LogP contribution is 2.45. The molecule has 0 fully saturated rings. The van der Waals surface area contributed by atoms with E-state index in [2.05, 4.69) is 37.0 Å². The van der Waals surface area contributed by atoms with Gasteiger partial charge >= 0.3 is 0 Å². The lowest BCUT2D eigenvalue weighted by Gasteiger charge is -2.28. The minimum Gasteiger partial charge on any atom is -0.423 e. The van der Waals surface area contributed by atoms with Crippen molar-refractivity contribution in [3.8, 4) is 23.4 Å². The zero-order chi connectivity index (χ0) is 20.8. The number of nitrogens with zero attached hydrogens (tertiary/aromatic N) is 5. The molecule has 0 saturated heterocycles. The number of aromatic nitrogens is 4. The van der Waals surface area contributed by atoms with E-state index in [0.717, 1.165) is 22.4 Å². The molecular weight excluding hydrogens is 368 g/mol. The summed E-state index contributed by atoms with van der Waals surface area (Å²) in [4.78, 5) is 0. The van der Waals surface area contributed by atoms with Crippen molar-refractivity contribution in [2.24, 2.45) is 5.73 Å². The predicted molar refractivity (Wildman–Crippen MR) is 106 cm³/mol. The van der Waals surface area contributed by atoms with E-state index in [4.69, 9.17) is 20.0 Å². The van der Waals surface area contributed by atoms with Gasteiger partial charge in [0, 0.05) is 5.56 Å². The maximum atomic E-state index is 9.83. The molecule has 1 atom stereocenters. The summed E-state index contributed by atoms with van der Waals surface area (Å²) in [5, 5.41) is 22.3. The van der Waals surface area contributed by atoms with E-state index in [0.29, 0.717) is 23.8 Å². The third-order valence-electron chi connectivity index (χ3n) is 4.95. The summed E-state index contributed by atoms with van der Waals surface area (Å²) in [6, 6.07) is 9.90. The van der Waals surface area contributed by atoms with Crippen molar-refractivity contribution >= 4 is 0 Å². The Hall–Kier alpha value is -3.60. The SMILES string of the molecule is CCc1nn(C(C)(C)C)c2c1C(c1ccc(-c3nnco3)cc1)C(C#N)=C(N)O2. The molecule has 1 aliphatic heterocycles. The average molecular weight is 390 g/mol. The number of nitriles is 1. The first-order chi connectivity index (χ1) is 13.8. The van der Waals surface area contributed by atoms with E-state index in [1.807, 2.05) is 35.9 Å². The van der Waals surface area contributed by atoms with Crippen LogP contribution in [-0.2, 0) is 12.0 Å². The lowest BCUT2D eigenvalue weighted by Crippen LogP contribution is -2.27. The molecule has 8 nitrogen and oxygen atoms in total. The van der Waals surface area contributed by atoms with Crippen LogP contribution in [-0.4, -0.2) is 20.0 Å². The first-order valence-electron chi connectivity index (χ1n) is 9.41. The highest BCUT2D eigenvalue weighted by Gasteiger charge is 2.38. The number of hydrogen-bond donors (Lipinski definition) is 1. The lowest BCUT2D eigenvalue weighted by atomic mass is 9.83. The molecule has 2 aromatic heterocycles. The van der Waals surface area contributed by atoms with Crippen molar-refractivity contribution in [2.75, 3.05) is 0 Å². The number of nitrogens with two attached hydrogens (primary N) is 1. The van der Waals surface area contributed by atoms with Gasteiger partial charge in [0.05, 0.1) is 22.7 Å². The number of benzene rings is 1. The summed E-state index contributed by atoms with van der Waals surface area (Å²) in [6.45, 7) is 8.20. The molecule has 0 spiro atoms. The molecule has 1 aliphatic rings. The minimum atomic E-state index is -0.355. The second kappa shape index (κ2) is 6.78. The van der Waals surface area contributed by atoms with Gasteiger partial charge in [0.25, 0.3) is 0 Å². The van der Waals surface area contributed by atoms with Crippen LogP contribution in [0.4, 0.5) is 0 Å². The number of aryl methyl sites for hydroxylation is 1. The number of rotatable bonds is 3. The van der Waals surface area contributed by atoms with Crippen LogP contribution in [0.5, 0.6) is 5.88 Å². The zero-order valence-electron chi connectivity index (χ0n) is 16.8. The van der Waals surface area contributed by atoms with Crippen molar-refractivity contribution in [3.63, 3.8) is 0 Å². The molecule has 1 aromatic carbocycles. The average Bonchev–Trinajstić information content (AvgIpc) is 3.34. The highest BCUT2D eigenvalue weighted by molar-refractivity contribution is 5.59. The highest BCUT2D eigenvalue weighted by atomic mass is 16.5. The molecule has 0 saturated carbocycles. The second-order valence-corrected chi connectivity index (χ2v) is 7.89. The van der Waals surface area contributed by atoms with Gasteiger partial charge in [-0.1, -0.05) is 19.1 Å². The van der Waals surface area contributed by atoms with E-state index in [1.54, 1.807) is 0 Å². The Morgan fingerprint density at radius 1 is 1.24 bits per heavy atom. The molecule has 0 bridgehead atoms. The standard InChI is InChI=1S/C21H22N6O2/c1-5-15-17-16(12-6-8-13(9-7-12)19-25-24-11-28-19)14(10-22)18(23)29-20(17)27(26-15)21(2,3)4/h6-9,11,16H,5,23H2,1-4H3.